The number of aryl methyl sites for hydroxylation is 1. The summed E-state index contributed by atoms with van der Waals surface area (Å²) in [6.07, 6.45) is 7.43. The fourth-order valence-corrected chi connectivity index (χ4v) is 3.45. The quantitative estimate of drug-likeness (QED) is 0.702. The van der Waals surface area contributed by atoms with Crippen LogP contribution in [0.3, 0.4) is 0 Å². The molecule has 7 heteroatoms. The predicted octanol–water partition coefficient (Wildman–Crippen LogP) is 2.27. The van der Waals surface area contributed by atoms with E-state index >= 15 is 0 Å². The van der Waals surface area contributed by atoms with Crippen molar-refractivity contribution in [1.82, 2.24) is 24.8 Å². The van der Waals surface area contributed by atoms with Crippen LogP contribution in [0, 0.1) is 6.92 Å². The van der Waals surface area contributed by atoms with Crippen LogP contribution in [0.2, 0.25) is 0 Å². The molecule has 3 aromatic heterocycles. The summed E-state index contributed by atoms with van der Waals surface area (Å²) in [6.45, 7) is 4.30. The molecule has 0 spiro atoms. The number of hydrogen-bond donors (Lipinski definition) is 0. The second kappa shape index (κ2) is 7.21. The summed E-state index contributed by atoms with van der Waals surface area (Å²) < 4.78 is 6.74. The summed E-state index contributed by atoms with van der Waals surface area (Å²) in [7, 11) is 0. The molecule has 0 bridgehead atoms. The van der Waals surface area contributed by atoms with Gasteiger partial charge in [0.1, 0.15) is 5.76 Å². The van der Waals surface area contributed by atoms with Crippen LogP contribution in [0.25, 0.3) is 11.3 Å². The second-order valence-electron chi connectivity index (χ2n) is 6.65. The van der Waals surface area contributed by atoms with E-state index in [2.05, 4.69) is 20.1 Å². The minimum atomic E-state index is -0.0781. The van der Waals surface area contributed by atoms with Crippen LogP contribution in [-0.2, 0) is 13.1 Å². The number of pyridine rings is 1. The third-order valence-electron chi connectivity index (χ3n) is 4.93. The number of rotatable bonds is 5. The standard InChI is InChI=1S/C19H21N5O2/c1-14-16(11-21-26-14)12-23-9-3-5-17(23)13-24-19(25)7-6-18(22-24)15-4-2-8-20-10-15/h2,4,6-8,10-11,17H,3,5,9,12-13H2,1H3. The number of likely N-dealkylation sites (tertiary alicyclic amines) is 1. The van der Waals surface area contributed by atoms with Crippen molar-refractivity contribution >= 4 is 0 Å². The van der Waals surface area contributed by atoms with Crippen LogP contribution in [0.4, 0.5) is 0 Å². The predicted molar refractivity (Wildman–Crippen MR) is 96.4 cm³/mol. The number of nitrogens with zero attached hydrogens (tertiary/aromatic N) is 5. The molecule has 3 aromatic rings. The van der Waals surface area contributed by atoms with Crippen molar-refractivity contribution < 1.29 is 4.52 Å². The van der Waals surface area contributed by atoms with Crippen molar-refractivity contribution in [2.24, 2.45) is 0 Å². The zero-order valence-electron chi connectivity index (χ0n) is 14.7. The molecular formula is C19H21N5O2. The molecule has 1 aliphatic heterocycles. The van der Waals surface area contributed by atoms with Gasteiger partial charge in [-0.05, 0) is 44.5 Å². The average molecular weight is 351 g/mol. The summed E-state index contributed by atoms with van der Waals surface area (Å²) in [5.41, 5.74) is 2.69. The van der Waals surface area contributed by atoms with E-state index in [-0.39, 0.29) is 11.6 Å². The van der Waals surface area contributed by atoms with Gasteiger partial charge < -0.3 is 4.52 Å². The number of aromatic nitrogens is 4. The lowest BCUT2D eigenvalue weighted by Crippen LogP contribution is -2.36. The molecule has 4 heterocycles. The second-order valence-corrected chi connectivity index (χ2v) is 6.65. The summed E-state index contributed by atoms with van der Waals surface area (Å²) in [6, 6.07) is 7.42. The summed E-state index contributed by atoms with van der Waals surface area (Å²) in [5.74, 6) is 0.851. The van der Waals surface area contributed by atoms with E-state index in [1.807, 2.05) is 19.1 Å². The van der Waals surface area contributed by atoms with Gasteiger partial charge in [0.25, 0.3) is 5.56 Å². The Morgan fingerprint density at radius 3 is 2.96 bits per heavy atom. The molecule has 26 heavy (non-hydrogen) atoms. The van der Waals surface area contributed by atoms with Crippen LogP contribution in [-0.4, -0.2) is 37.4 Å². The van der Waals surface area contributed by atoms with E-state index in [9.17, 15) is 4.79 Å². The molecule has 1 fully saturated rings. The third-order valence-corrected chi connectivity index (χ3v) is 4.93. The smallest absolute Gasteiger partial charge is 0.266 e. The maximum atomic E-state index is 12.3. The average Bonchev–Trinajstić information content (AvgIpc) is 3.27. The highest BCUT2D eigenvalue weighted by molar-refractivity contribution is 5.56. The molecule has 0 amide bonds. The largest absolute Gasteiger partial charge is 0.361 e. The Labute approximate surface area is 151 Å². The van der Waals surface area contributed by atoms with Gasteiger partial charge in [-0.1, -0.05) is 5.16 Å². The van der Waals surface area contributed by atoms with Crippen LogP contribution < -0.4 is 5.56 Å². The SMILES string of the molecule is Cc1oncc1CN1CCCC1Cn1nc(-c2cccnc2)ccc1=O. The molecule has 4 rings (SSSR count). The van der Waals surface area contributed by atoms with E-state index < -0.39 is 0 Å². The highest BCUT2D eigenvalue weighted by Gasteiger charge is 2.26. The maximum Gasteiger partial charge on any atom is 0.266 e. The minimum Gasteiger partial charge on any atom is -0.361 e. The van der Waals surface area contributed by atoms with Gasteiger partial charge in [0, 0.05) is 42.2 Å². The monoisotopic (exact) mass is 351 g/mol. The Bertz CT molecular complexity index is 934. The van der Waals surface area contributed by atoms with Crippen LogP contribution in [0.5, 0.6) is 0 Å². The summed E-state index contributed by atoms with van der Waals surface area (Å²) in [5, 5.41) is 8.42. The first-order valence-electron chi connectivity index (χ1n) is 8.83. The van der Waals surface area contributed by atoms with Gasteiger partial charge in [-0.2, -0.15) is 5.10 Å². The Morgan fingerprint density at radius 2 is 2.19 bits per heavy atom. The molecule has 0 saturated carbocycles. The van der Waals surface area contributed by atoms with E-state index in [1.165, 1.54) is 0 Å². The van der Waals surface area contributed by atoms with E-state index in [0.717, 1.165) is 48.5 Å². The van der Waals surface area contributed by atoms with Gasteiger partial charge in [0.15, 0.2) is 0 Å². The maximum absolute atomic E-state index is 12.3. The molecule has 1 atom stereocenters. The van der Waals surface area contributed by atoms with Gasteiger partial charge in [-0.15, -0.1) is 0 Å². The lowest BCUT2D eigenvalue weighted by molar-refractivity contribution is 0.215. The van der Waals surface area contributed by atoms with Crippen molar-refractivity contribution in [2.75, 3.05) is 6.54 Å². The molecule has 0 aromatic carbocycles. The summed E-state index contributed by atoms with van der Waals surface area (Å²) >= 11 is 0. The lowest BCUT2D eigenvalue weighted by atomic mass is 10.2. The van der Waals surface area contributed by atoms with Gasteiger partial charge in [0.05, 0.1) is 18.4 Å². The Morgan fingerprint density at radius 1 is 1.27 bits per heavy atom. The molecular weight excluding hydrogens is 330 g/mol. The van der Waals surface area contributed by atoms with E-state index in [0.29, 0.717) is 6.54 Å². The first-order valence-corrected chi connectivity index (χ1v) is 8.83. The molecule has 1 aliphatic rings. The van der Waals surface area contributed by atoms with E-state index in [4.69, 9.17) is 4.52 Å². The van der Waals surface area contributed by atoms with Gasteiger partial charge >= 0.3 is 0 Å². The highest BCUT2D eigenvalue weighted by atomic mass is 16.5. The van der Waals surface area contributed by atoms with E-state index in [1.54, 1.807) is 35.4 Å². The van der Waals surface area contributed by atoms with Crippen molar-refractivity contribution in [3.63, 3.8) is 0 Å². The van der Waals surface area contributed by atoms with Crippen molar-refractivity contribution in [3.8, 4) is 11.3 Å². The first kappa shape index (κ1) is 16.7. The fraction of sp³-hybridized carbons (Fsp3) is 0.368. The first-order chi connectivity index (χ1) is 12.7. The fourth-order valence-electron chi connectivity index (χ4n) is 3.45. The van der Waals surface area contributed by atoms with Crippen molar-refractivity contribution in [3.05, 3.63) is 64.5 Å². The zero-order valence-corrected chi connectivity index (χ0v) is 14.7. The van der Waals surface area contributed by atoms with Crippen LogP contribution in [0.15, 0.2) is 52.2 Å². The van der Waals surface area contributed by atoms with Gasteiger partial charge in [-0.25, -0.2) is 4.68 Å². The van der Waals surface area contributed by atoms with Gasteiger partial charge in [0.2, 0.25) is 0 Å². The Hall–Kier alpha value is -2.80. The van der Waals surface area contributed by atoms with Gasteiger partial charge in [-0.3, -0.25) is 14.7 Å². The third kappa shape index (κ3) is 3.43. The zero-order chi connectivity index (χ0) is 17.9. The minimum absolute atomic E-state index is 0.0781. The molecule has 0 N–H and O–H groups in total. The Balaban J connectivity index is 1.54. The lowest BCUT2D eigenvalue weighted by Gasteiger charge is -2.24. The molecule has 0 radical (unpaired) electrons. The highest BCUT2D eigenvalue weighted by Crippen LogP contribution is 2.22. The molecule has 7 nitrogen and oxygen atoms in total. The topological polar surface area (TPSA) is 77.1 Å². The summed E-state index contributed by atoms with van der Waals surface area (Å²) in [4.78, 5) is 18.8. The molecule has 1 saturated heterocycles. The van der Waals surface area contributed by atoms with Crippen molar-refractivity contribution in [1.29, 1.82) is 0 Å². The van der Waals surface area contributed by atoms with Crippen LogP contribution >= 0.6 is 0 Å². The molecule has 134 valence electrons. The Kier molecular flexibility index (Phi) is 4.62. The molecule has 1 unspecified atom stereocenters. The van der Waals surface area contributed by atoms with Crippen LogP contribution in [0.1, 0.15) is 24.2 Å². The van der Waals surface area contributed by atoms with Crippen molar-refractivity contribution in [2.45, 2.75) is 38.9 Å². The number of hydrogen-bond acceptors (Lipinski definition) is 6. The normalized spacial score (nSPS) is 17.7. The molecule has 0 aliphatic carbocycles.